The van der Waals surface area contributed by atoms with Crippen molar-refractivity contribution in [3.63, 3.8) is 0 Å². The quantitative estimate of drug-likeness (QED) is 0.498. The lowest BCUT2D eigenvalue weighted by Gasteiger charge is -2.14. The number of carbonyl (C=O) groups excluding carboxylic acids is 1. The van der Waals surface area contributed by atoms with Gasteiger partial charge >= 0.3 is 5.69 Å². The first kappa shape index (κ1) is 15.6. The van der Waals surface area contributed by atoms with E-state index in [1.165, 1.54) is 13.4 Å². The van der Waals surface area contributed by atoms with E-state index in [0.29, 0.717) is 6.54 Å². The Hall–Kier alpha value is -2.45. The first-order valence-corrected chi connectivity index (χ1v) is 6.22. The van der Waals surface area contributed by atoms with Gasteiger partial charge in [0.15, 0.2) is 0 Å². The summed E-state index contributed by atoms with van der Waals surface area (Å²) in [5, 5.41) is 19.2. The summed E-state index contributed by atoms with van der Waals surface area (Å²) in [7, 11) is 1.49. The van der Waals surface area contributed by atoms with Crippen LogP contribution < -0.4 is 16.0 Å². The van der Waals surface area contributed by atoms with Crippen LogP contribution in [-0.4, -0.2) is 40.4 Å². The van der Waals surface area contributed by atoms with Crippen LogP contribution in [0.1, 0.15) is 20.3 Å². The molecule has 9 heteroatoms. The van der Waals surface area contributed by atoms with Gasteiger partial charge in [0.1, 0.15) is 12.4 Å². The molecule has 0 aromatic carbocycles. The minimum absolute atomic E-state index is 0.0136. The summed E-state index contributed by atoms with van der Waals surface area (Å²) >= 11 is 0. The van der Waals surface area contributed by atoms with Crippen LogP contribution >= 0.6 is 0 Å². The number of carbonyl (C=O) groups is 1. The van der Waals surface area contributed by atoms with E-state index in [-0.39, 0.29) is 23.2 Å². The largest absolute Gasteiger partial charge is 0.364 e. The predicted octanol–water partition coefficient (Wildman–Crippen LogP) is 0.753. The van der Waals surface area contributed by atoms with Crippen molar-refractivity contribution >= 4 is 23.2 Å². The zero-order valence-corrected chi connectivity index (χ0v) is 11.6. The molecule has 9 nitrogen and oxygen atoms in total. The SMILES string of the molecule is CCCNc1ncnc(NC(C)C(=O)NC)c1[N+](=O)[O-]. The normalized spacial score (nSPS) is 11.6. The van der Waals surface area contributed by atoms with Gasteiger partial charge in [-0.15, -0.1) is 0 Å². The maximum absolute atomic E-state index is 11.5. The summed E-state index contributed by atoms with van der Waals surface area (Å²) in [5.41, 5.74) is -0.267. The molecule has 0 radical (unpaired) electrons. The van der Waals surface area contributed by atoms with Crippen molar-refractivity contribution in [2.24, 2.45) is 0 Å². The predicted molar refractivity (Wildman–Crippen MR) is 74.6 cm³/mol. The highest BCUT2D eigenvalue weighted by atomic mass is 16.6. The van der Waals surface area contributed by atoms with Crippen LogP contribution in [0.25, 0.3) is 0 Å². The van der Waals surface area contributed by atoms with Crippen LogP contribution in [-0.2, 0) is 4.79 Å². The van der Waals surface area contributed by atoms with Gasteiger partial charge in [0, 0.05) is 13.6 Å². The lowest BCUT2D eigenvalue weighted by Crippen LogP contribution is -2.35. The second kappa shape index (κ2) is 7.22. The molecular weight excluding hydrogens is 264 g/mol. The van der Waals surface area contributed by atoms with Gasteiger partial charge in [-0.25, -0.2) is 9.97 Å². The van der Waals surface area contributed by atoms with E-state index in [9.17, 15) is 14.9 Å². The van der Waals surface area contributed by atoms with Crippen molar-refractivity contribution in [2.45, 2.75) is 26.3 Å². The summed E-state index contributed by atoms with van der Waals surface area (Å²) in [6, 6.07) is -0.646. The standard InChI is InChI=1S/C11H18N6O3/c1-4-5-13-9-8(17(19)20)10(15-6-14-9)16-7(2)11(18)12-3/h6-7H,4-5H2,1-3H3,(H,12,18)(H2,13,14,15,16). The molecule has 1 rings (SSSR count). The van der Waals surface area contributed by atoms with Crippen LogP contribution in [0.15, 0.2) is 6.33 Å². The maximum atomic E-state index is 11.5. The van der Waals surface area contributed by atoms with Crippen LogP contribution in [0, 0.1) is 10.1 Å². The van der Waals surface area contributed by atoms with Gasteiger partial charge < -0.3 is 16.0 Å². The minimum Gasteiger partial charge on any atom is -0.364 e. The molecule has 0 aliphatic rings. The van der Waals surface area contributed by atoms with Gasteiger partial charge in [0.25, 0.3) is 0 Å². The Morgan fingerprint density at radius 2 is 2.10 bits per heavy atom. The fourth-order valence-corrected chi connectivity index (χ4v) is 1.52. The van der Waals surface area contributed by atoms with Crippen molar-refractivity contribution < 1.29 is 9.72 Å². The summed E-state index contributed by atoms with van der Waals surface area (Å²) in [6.07, 6.45) is 2.02. The fraction of sp³-hybridized carbons (Fsp3) is 0.545. The number of nitrogens with zero attached hydrogens (tertiary/aromatic N) is 3. The smallest absolute Gasteiger partial charge is 0.353 e. The molecule has 0 saturated carbocycles. The monoisotopic (exact) mass is 282 g/mol. The molecule has 0 spiro atoms. The van der Waals surface area contributed by atoms with E-state index < -0.39 is 11.0 Å². The maximum Gasteiger partial charge on any atom is 0.353 e. The number of anilines is 2. The zero-order valence-electron chi connectivity index (χ0n) is 11.6. The Labute approximate surface area is 116 Å². The zero-order chi connectivity index (χ0) is 15.1. The Balaban J connectivity index is 3.06. The summed E-state index contributed by atoms with van der Waals surface area (Å²) in [4.78, 5) is 29.8. The molecule has 1 aromatic heterocycles. The van der Waals surface area contributed by atoms with Crippen molar-refractivity contribution in [3.8, 4) is 0 Å². The molecule has 3 N–H and O–H groups in total. The lowest BCUT2D eigenvalue weighted by molar-refractivity contribution is -0.383. The molecule has 1 aromatic rings. The van der Waals surface area contributed by atoms with Gasteiger partial charge in [-0.05, 0) is 13.3 Å². The van der Waals surface area contributed by atoms with E-state index in [2.05, 4.69) is 25.9 Å². The molecule has 0 bridgehead atoms. The lowest BCUT2D eigenvalue weighted by atomic mass is 10.3. The molecule has 20 heavy (non-hydrogen) atoms. The fourth-order valence-electron chi connectivity index (χ4n) is 1.52. The van der Waals surface area contributed by atoms with Crippen LogP contribution in [0.5, 0.6) is 0 Å². The summed E-state index contributed by atoms with van der Waals surface area (Å²) < 4.78 is 0. The Bertz CT molecular complexity index is 493. The molecule has 0 saturated heterocycles. The van der Waals surface area contributed by atoms with E-state index >= 15 is 0 Å². The van der Waals surface area contributed by atoms with Crippen molar-refractivity contribution in [3.05, 3.63) is 16.4 Å². The molecule has 0 aliphatic heterocycles. The Morgan fingerprint density at radius 1 is 1.45 bits per heavy atom. The number of hydrogen-bond acceptors (Lipinski definition) is 7. The summed E-state index contributed by atoms with van der Waals surface area (Å²) in [5.74, 6) is -0.140. The minimum atomic E-state index is -0.646. The third-order valence-corrected chi connectivity index (χ3v) is 2.54. The number of nitrogens with one attached hydrogen (secondary N) is 3. The van der Waals surface area contributed by atoms with Crippen molar-refractivity contribution in [2.75, 3.05) is 24.2 Å². The molecule has 110 valence electrons. The van der Waals surface area contributed by atoms with Gasteiger partial charge in [-0.1, -0.05) is 6.92 Å². The first-order chi connectivity index (χ1) is 9.51. The molecular formula is C11H18N6O3. The van der Waals surface area contributed by atoms with E-state index in [4.69, 9.17) is 0 Å². The van der Waals surface area contributed by atoms with Crippen LogP contribution in [0.3, 0.4) is 0 Å². The topological polar surface area (TPSA) is 122 Å². The molecule has 1 heterocycles. The van der Waals surface area contributed by atoms with E-state index in [0.717, 1.165) is 6.42 Å². The molecule has 1 atom stereocenters. The second-order valence-electron chi connectivity index (χ2n) is 4.08. The highest BCUT2D eigenvalue weighted by molar-refractivity contribution is 5.85. The van der Waals surface area contributed by atoms with Crippen LogP contribution in [0.2, 0.25) is 0 Å². The highest BCUT2D eigenvalue weighted by Crippen LogP contribution is 2.29. The number of aromatic nitrogens is 2. The Kier molecular flexibility index (Phi) is 5.63. The van der Waals surface area contributed by atoms with Crippen molar-refractivity contribution in [1.29, 1.82) is 0 Å². The number of amides is 1. The number of hydrogen-bond donors (Lipinski definition) is 3. The second-order valence-corrected chi connectivity index (χ2v) is 4.08. The van der Waals surface area contributed by atoms with Gasteiger partial charge in [-0.3, -0.25) is 14.9 Å². The molecule has 0 aliphatic carbocycles. The number of nitro groups is 1. The third-order valence-electron chi connectivity index (χ3n) is 2.54. The Morgan fingerprint density at radius 3 is 2.65 bits per heavy atom. The summed E-state index contributed by atoms with van der Waals surface area (Å²) in [6.45, 7) is 4.08. The first-order valence-electron chi connectivity index (χ1n) is 6.22. The average molecular weight is 282 g/mol. The number of likely N-dealkylation sites (N-methyl/N-ethyl adjacent to an activating group) is 1. The number of rotatable bonds is 7. The molecule has 0 fully saturated rings. The van der Waals surface area contributed by atoms with Gasteiger partial charge in [0.05, 0.1) is 4.92 Å². The molecule has 1 unspecified atom stereocenters. The third kappa shape index (κ3) is 3.77. The van der Waals surface area contributed by atoms with Gasteiger partial charge in [0.2, 0.25) is 17.5 Å². The highest BCUT2D eigenvalue weighted by Gasteiger charge is 2.25. The van der Waals surface area contributed by atoms with Gasteiger partial charge in [-0.2, -0.15) is 0 Å². The molecule has 1 amide bonds. The van der Waals surface area contributed by atoms with Crippen molar-refractivity contribution in [1.82, 2.24) is 15.3 Å². The van der Waals surface area contributed by atoms with E-state index in [1.807, 2.05) is 6.92 Å². The van der Waals surface area contributed by atoms with Crippen LogP contribution in [0.4, 0.5) is 17.3 Å². The average Bonchev–Trinajstić information content (AvgIpc) is 2.43. The van der Waals surface area contributed by atoms with E-state index in [1.54, 1.807) is 6.92 Å².